The van der Waals surface area contributed by atoms with Gasteiger partial charge in [0.2, 0.25) is 0 Å². The van der Waals surface area contributed by atoms with Crippen LogP contribution in [0.1, 0.15) is 18.0 Å². The molecule has 4 nitrogen and oxygen atoms in total. The van der Waals surface area contributed by atoms with Gasteiger partial charge in [-0.15, -0.1) is 11.3 Å². The summed E-state index contributed by atoms with van der Waals surface area (Å²) in [7, 11) is 1.86. The molecule has 2 N–H and O–H groups in total. The van der Waals surface area contributed by atoms with Crippen molar-refractivity contribution in [1.29, 1.82) is 0 Å². The number of hydrogen-bond donors (Lipinski definition) is 1. The molecule has 1 aromatic carbocycles. The Bertz CT molecular complexity index is 744. The lowest BCUT2D eigenvalue weighted by atomic mass is 10.3. The van der Waals surface area contributed by atoms with Crippen LogP contribution in [0.4, 0.5) is 4.39 Å². The molecule has 6 heteroatoms. The van der Waals surface area contributed by atoms with E-state index < -0.39 is 0 Å². The lowest BCUT2D eigenvalue weighted by molar-refractivity contribution is 0.637. The van der Waals surface area contributed by atoms with Crippen LogP contribution in [0.3, 0.4) is 0 Å². The van der Waals surface area contributed by atoms with E-state index in [4.69, 9.17) is 5.73 Å². The molecular weight excluding hydrogens is 263 g/mol. The van der Waals surface area contributed by atoms with E-state index in [0.717, 1.165) is 16.2 Å². The molecule has 2 aromatic heterocycles. The van der Waals surface area contributed by atoms with Crippen molar-refractivity contribution in [2.75, 3.05) is 0 Å². The fourth-order valence-corrected chi connectivity index (χ4v) is 2.77. The van der Waals surface area contributed by atoms with Crippen molar-refractivity contribution in [2.24, 2.45) is 12.8 Å². The van der Waals surface area contributed by atoms with E-state index in [1.54, 1.807) is 6.07 Å². The fourth-order valence-electron chi connectivity index (χ4n) is 2.01. The Kier molecular flexibility index (Phi) is 2.83. The van der Waals surface area contributed by atoms with Crippen LogP contribution in [-0.2, 0) is 7.05 Å². The summed E-state index contributed by atoms with van der Waals surface area (Å²) in [5.74, 6) is 0.338. The van der Waals surface area contributed by atoms with Gasteiger partial charge >= 0.3 is 0 Å². The van der Waals surface area contributed by atoms with Gasteiger partial charge in [0, 0.05) is 12.4 Å². The topological polar surface area (TPSA) is 56.7 Å². The average Bonchev–Trinajstić information content (AvgIpc) is 2.96. The molecule has 3 aromatic rings. The highest BCUT2D eigenvalue weighted by molar-refractivity contribution is 7.10. The van der Waals surface area contributed by atoms with Crippen LogP contribution in [-0.4, -0.2) is 14.5 Å². The van der Waals surface area contributed by atoms with Crippen molar-refractivity contribution in [3.63, 3.8) is 0 Å². The Morgan fingerprint density at radius 3 is 2.79 bits per heavy atom. The van der Waals surface area contributed by atoms with E-state index in [9.17, 15) is 4.39 Å². The van der Waals surface area contributed by atoms with Crippen LogP contribution in [0.5, 0.6) is 0 Å². The molecule has 98 valence electrons. The van der Waals surface area contributed by atoms with Gasteiger partial charge in [-0.2, -0.15) is 0 Å². The Morgan fingerprint density at radius 1 is 1.37 bits per heavy atom. The predicted octanol–water partition coefficient (Wildman–Crippen LogP) is 2.86. The van der Waals surface area contributed by atoms with E-state index in [-0.39, 0.29) is 11.9 Å². The molecule has 0 bridgehead atoms. The summed E-state index contributed by atoms with van der Waals surface area (Å²) in [6, 6.07) is 4.82. The van der Waals surface area contributed by atoms with Gasteiger partial charge in [0.15, 0.2) is 11.6 Å². The first-order valence-electron chi connectivity index (χ1n) is 5.90. The Labute approximate surface area is 113 Å². The molecule has 0 spiro atoms. The smallest absolute Gasteiger partial charge is 0.160 e. The quantitative estimate of drug-likeness (QED) is 0.783. The maximum Gasteiger partial charge on any atom is 0.160 e. The predicted molar refractivity (Wildman–Crippen MR) is 74.4 cm³/mol. The van der Waals surface area contributed by atoms with Gasteiger partial charge in [0.1, 0.15) is 16.2 Å². The second-order valence-corrected chi connectivity index (χ2v) is 5.35. The van der Waals surface area contributed by atoms with Crippen LogP contribution in [0.15, 0.2) is 23.6 Å². The highest BCUT2D eigenvalue weighted by atomic mass is 32.1. The first-order chi connectivity index (χ1) is 9.08. The Balaban J connectivity index is 2.19. The summed E-state index contributed by atoms with van der Waals surface area (Å²) in [4.78, 5) is 8.80. The molecule has 0 fully saturated rings. The average molecular weight is 276 g/mol. The maximum atomic E-state index is 13.7. The highest BCUT2D eigenvalue weighted by Crippen LogP contribution is 2.27. The van der Waals surface area contributed by atoms with Crippen LogP contribution in [0.25, 0.3) is 22.6 Å². The Morgan fingerprint density at radius 2 is 2.16 bits per heavy atom. The molecule has 19 heavy (non-hydrogen) atoms. The summed E-state index contributed by atoms with van der Waals surface area (Å²) in [5, 5.41) is 2.75. The van der Waals surface area contributed by atoms with Crippen molar-refractivity contribution in [3.05, 3.63) is 34.4 Å². The number of aromatic nitrogens is 3. The molecule has 0 amide bonds. The number of halogens is 1. The van der Waals surface area contributed by atoms with Crippen LogP contribution >= 0.6 is 11.3 Å². The number of nitrogens with two attached hydrogens (primary N) is 1. The number of thiazole rings is 1. The lowest BCUT2D eigenvalue weighted by Crippen LogP contribution is -2.04. The van der Waals surface area contributed by atoms with Gasteiger partial charge in [0.25, 0.3) is 0 Å². The van der Waals surface area contributed by atoms with E-state index in [1.165, 1.54) is 17.4 Å². The zero-order valence-corrected chi connectivity index (χ0v) is 11.4. The van der Waals surface area contributed by atoms with Gasteiger partial charge in [0.05, 0.1) is 11.6 Å². The molecule has 1 unspecified atom stereocenters. The lowest BCUT2D eigenvalue weighted by Gasteiger charge is -1.99. The number of aryl methyl sites for hydroxylation is 1. The van der Waals surface area contributed by atoms with Crippen molar-refractivity contribution >= 4 is 22.4 Å². The fraction of sp³-hybridized carbons (Fsp3) is 0.231. The van der Waals surface area contributed by atoms with E-state index in [1.807, 2.05) is 30.0 Å². The third-order valence-electron chi connectivity index (χ3n) is 3.00. The summed E-state index contributed by atoms with van der Waals surface area (Å²) in [5.41, 5.74) is 7.66. The van der Waals surface area contributed by atoms with Crippen molar-refractivity contribution in [3.8, 4) is 11.5 Å². The minimum absolute atomic E-state index is 0.106. The van der Waals surface area contributed by atoms with Gasteiger partial charge in [-0.05, 0) is 19.1 Å². The van der Waals surface area contributed by atoms with E-state index in [0.29, 0.717) is 11.3 Å². The highest BCUT2D eigenvalue weighted by Gasteiger charge is 2.16. The molecule has 0 saturated carbocycles. The summed E-state index contributed by atoms with van der Waals surface area (Å²) in [6.07, 6.45) is 0. The van der Waals surface area contributed by atoms with Gasteiger partial charge in [-0.25, -0.2) is 14.4 Å². The van der Waals surface area contributed by atoms with E-state index >= 15 is 0 Å². The number of nitrogens with zero attached hydrogens (tertiary/aromatic N) is 3. The van der Waals surface area contributed by atoms with Crippen LogP contribution in [0, 0.1) is 5.82 Å². The number of para-hydroxylation sites is 1. The van der Waals surface area contributed by atoms with E-state index in [2.05, 4.69) is 9.97 Å². The number of fused-ring (bicyclic) bond motifs is 1. The number of rotatable bonds is 2. The third kappa shape index (κ3) is 1.93. The molecule has 3 rings (SSSR count). The van der Waals surface area contributed by atoms with Crippen molar-refractivity contribution in [1.82, 2.24) is 14.5 Å². The van der Waals surface area contributed by atoms with Gasteiger partial charge < -0.3 is 10.3 Å². The molecule has 0 radical (unpaired) electrons. The van der Waals surface area contributed by atoms with Crippen LogP contribution in [0.2, 0.25) is 0 Å². The second-order valence-electron chi connectivity index (χ2n) is 4.46. The minimum atomic E-state index is -0.318. The third-order valence-corrected chi connectivity index (χ3v) is 4.05. The molecule has 0 aliphatic carbocycles. The van der Waals surface area contributed by atoms with Gasteiger partial charge in [-0.1, -0.05) is 6.07 Å². The summed E-state index contributed by atoms with van der Waals surface area (Å²) in [6.45, 7) is 1.89. The van der Waals surface area contributed by atoms with Crippen LogP contribution < -0.4 is 5.73 Å². The largest absolute Gasteiger partial charge is 0.326 e. The first kappa shape index (κ1) is 12.3. The zero-order valence-electron chi connectivity index (χ0n) is 10.6. The monoisotopic (exact) mass is 276 g/mol. The second kappa shape index (κ2) is 4.40. The maximum absolute atomic E-state index is 13.7. The zero-order chi connectivity index (χ0) is 13.6. The number of benzene rings is 1. The minimum Gasteiger partial charge on any atom is -0.326 e. The summed E-state index contributed by atoms with van der Waals surface area (Å²) >= 11 is 1.49. The molecule has 0 saturated heterocycles. The molecule has 2 heterocycles. The Hall–Kier alpha value is -1.79. The SMILES string of the molecule is CC(N)c1nc(-c2nc3c(F)cccc3n2C)cs1. The number of hydrogen-bond acceptors (Lipinski definition) is 4. The molecule has 0 aliphatic heterocycles. The van der Waals surface area contributed by atoms with Gasteiger partial charge in [-0.3, -0.25) is 0 Å². The summed E-state index contributed by atoms with van der Waals surface area (Å²) < 4.78 is 15.6. The number of imidazole rings is 1. The molecular formula is C13H13FN4S. The van der Waals surface area contributed by atoms with Crippen molar-refractivity contribution in [2.45, 2.75) is 13.0 Å². The molecule has 1 atom stereocenters. The first-order valence-corrected chi connectivity index (χ1v) is 6.78. The standard InChI is InChI=1S/C13H13FN4S/c1-7(15)13-16-9(6-19-13)12-17-11-8(14)4-3-5-10(11)18(12)2/h3-7H,15H2,1-2H3. The normalized spacial score (nSPS) is 13.1. The van der Waals surface area contributed by atoms with Crippen molar-refractivity contribution < 1.29 is 4.39 Å². The molecule has 0 aliphatic rings.